The average molecular weight is 320 g/mol. The van der Waals surface area contributed by atoms with Crippen LogP contribution >= 0.6 is 0 Å². The molecule has 1 heterocycles. The third-order valence-electron chi connectivity index (χ3n) is 3.64. The van der Waals surface area contributed by atoms with Crippen LogP contribution in [-0.4, -0.2) is 44.7 Å². The highest BCUT2D eigenvalue weighted by Gasteiger charge is 2.27. The molecule has 0 radical (unpaired) electrons. The van der Waals surface area contributed by atoms with E-state index in [0.717, 1.165) is 12.1 Å². The lowest BCUT2D eigenvalue weighted by Gasteiger charge is -2.33. The second-order valence-corrected chi connectivity index (χ2v) is 5.60. The second kappa shape index (κ2) is 8.53. The summed E-state index contributed by atoms with van der Waals surface area (Å²) in [4.78, 5) is 25.9. The van der Waals surface area contributed by atoms with Gasteiger partial charge in [0.2, 0.25) is 11.8 Å². The highest BCUT2D eigenvalue weighted by molar-refractivity contribution is 5.97. The molecule has 1 aromatic rings. The SMILES string of the molecule is COCCCNC(=O)CCC(=O)N1C[C@H](C)Oc2ccccc21. The minimum Gasteiger partial charge on any atom is -0.487 e. The highest BCUT2D eigenvalue weighted by Crippen LogP contribution is 2.33. The second-order valence-electron chi connectivity index (χ2n) is 5.60. The lowest BCUT2D eigenvalue weighted by molar-refractivity contribution is -0.125. The van der Waals surface area contributed by atoms with E-state index in [1.165, 1.54) is 0 Å². The number of methoxy groups -OCH3 is 1. The van der Waals surface area contributed by atoms with Gasteiger partial charge in [0.25, 0.3) is 0 Å². The van der Waals surface area contributed by atoms with Crippen LogP contribution in [0.2, 0.25) is 0 Å². The molecule has 6 nitrogen and oxygen atoms in total. The van der Waals surface area contributed by atoms with Gasteiger partial charge in [-0.05, 0) is 25.5 Å². The van der Waals surface area contributed by atoms with Gasteiger partial charge in [-0.15, -0.1) is 0 Å². The number of carbonyl (C=O) groups is 2. The monoisotopic (exact) mass is 320 g/mol. The predicted molar refractivity (Wildman–Crippen MR) is 87.6 cm³/mol. The first-order valence-corrected chi connectivity index (χ1v) is 7.93. The first-order chi connectivity index (χ1) is 11.1. The van der Waals surface area contributed by atoms with Gasteiger partial charge in [-0.1, -0.05) is 12.1 Å². The summed E-state index contributed by atoms with van der Waals surface area (Å²) in [6.07, 6.45) is 1.10. The van der Waals surface area contributed by atoms with Crippen LogP contribution in [0.5, 0.6) is 5.75 Å². The first kappa shape index (κ1) is 17.3. The van der Waals surface area contributed by atoms with Gasteiger partial charge in [0.05, 0.1) is 12.2 Å². The van der Waals surface area contributed by atoms with E-state index in [0.29, 0.717) is 25.4 Å². The van der Waals surface area contributed by atoms with Gasteiger partial charge in [-0.25, -0.2) is 0 Å². The Morgan fingerprint density at radius 1 is 1.35 bits per heavy atom. The summed E-state index contributed by atoms with van der Waals surface area (Å²) in [5.74, 6) is 0.548. The van der Waals surface area contributed by atoms with Crippen molar-refractivity contribution >= 4 is 17.5 Å². The molecule has 0 aliphatic carbocycles. The topological polar surface area (TPSA) is 67.9 Å². The van der Waals surface area contributed by atoms with Gasteiger partial charge in [0, 0.05) is 33.1 Å². The van der Waals surface area contributed by atoms with E-state index in [2.05, 4.69) is 5.32 Å². The first-order valence-electron chi connectivity index (χ1n) is 7.93. The number of para-hydroxylation sites is 2. The number of nitrogens with zero attached hydrogens (tertiary/aromatic N) is 1. The van der Waals surface area contributed by atoms with Crippen LogP contribution in [0.3, 0.4) is 0 Å². The molecule has 0 unspecified atom stereocenters. The summed E-state index contributed by atoms with van der Waals surface area (Å²) >= 11 is 0. The Morgan fingerprint density at radius 3 is 2.91 bits per heavy atom. The molecule has 1 N–H and O–H groups in total. The summed E-state index contributed by atoms with van der Waals surface area (Å²) in [5, 5.41) is 2.79. The Morgan fingerprint density at radius 2 is 2.13 bits per heavy atom. The van der Waals surface area contributed by atoms with Crippen LogP contribution in [-0.2, 0) is 14.3 Å². The molecule has 126 valence electrons. The fraction of sp³-hybridized carbons (Fsp3) is 0.529. The standard InChI is InChI=1S/C17H24N2O4/c1-13-12-19(14-6-3-4-7-15(14)23-13)17(21)9-8-16(20)18-10-5-11-22-2/h3-4,6-7,13H,5,8-12H2,1-2H3,(H,18,20)/t13-/m0/s1. The number of hydrogen-bond acceptors (Lipinski definition) is 4. The molecule has 0 aromatic heterocycles. The average Bonchev–Trinajstić information content (AvgIpc) is 2.55. The van der Waals surface area contributed by atoms with Crippen LogP contribution in [0.1, 0.15) is 26.2 Å². The molecule has 0 saturated carbocycles. The molecule has 1 aromatic carbocycles. The van der Waals surface area contributed by atoms with E-state index < -0.39 is 0 Å². The fourth-order valence-electron chi connectivity index (χ4n) is 2.51. The molecule has 0 fully saturated rings. The number of rotatable bonds is 7. The van der Waals surface area contributed by atoms with E-state index in [1.807, 2.05) is 31.2 Å². The third-order valence-corrected chi connectivity index (χ3v) is 3.64. The quantitative estimate of drug-likeness (QED) is 0.777. The molecule has 0 bridgehead atoms. The van der Waals surface area contributed by atoms with Crippen molar-refractivity contribution in [3.63, 3.8) is 0 Å². The van der Waals surface area contributed by atoms with Crippen LogP contribution in [0, 0.1) is 0 Å². The number of nitrogens with one attached hydrogen (secondary N) is 1. The van der Waals surface area contributed by atoms with Crippen LogP contribution < -0.4 is 15.0 Å². The largest absolute Gasteiger partial charge is 0.487 e. The minimum atomic E-state index is -0.107. The van der Waals surface area contributed by atoms with Crippen molar-refractivity contribution in [1.29, 1.82) is 0 Å². The van der Waals surface area contributed by atoms with E-state index in [9.17, 15) is 9.59 Å². The predicted octanol–water partition coefficient (Wildman–Crippen LogP) is 1.73. The van der Waals surface area contributed by atoms with Gasteiger partial charge in [0.15, 0.2) is 0 Å². The number of amides is 2. The maximum absolute atomic E-state index is 12.5. The zero-order valence-corrected chi connectivity index (χ0v) is 13.7. The lowest BCUT2D eigenvalue weighted by Crippen LogP contribution is -2.42. The van der Waals surface area contributed by atoms with E-state index >= 15 is 0 Å². The lowest BCUT2D eigenvalue weighted by atomic mass is 10.1. The van der Waals surface area contributed by atoms with Gasteiger partial charge in [-0.2, -0.15) is 0 Å². The maximum atomic E-state index is 12.5. The summed E-state index contributed by atoms with van der Waals surface area (Å²) < 4.78 is 10.6. The molecule has 2 rings (SSSR count). The Balaban J connectivity index is 1.85. The Labute approximate surface area is 136 Å². The van der Waals surface area contributed by atoms with Crippen molar-refractivity contribution in [3.8, 4) is 5.75 Å². The van der Waals surface area contributed by atoms with Crippen LogP contribution in [0.4, 0.5) is 5.69 Å². The Bertz CT molecular complexity index is 547. The number of hydrogen-bond donors (Lipinski definition) is 1. The van der Waals surface area contributed by atoms with Crippen molar-refractivity contribution in [1.82, 2.24) is 5.32 Å². The molecule has 1 atom stereocenters. The summed E-state index contributed by atoms with van der Waals surface area (Å²) in [7, 11) is 1.63. The Hall–Kier alpha value is -2.08. The normalized spacial score (nSPS) is 16.4. The van der Waals surface area contributed by atoms with E-state index in [4.69, 9.17) is 9.47 Å². The van der Waals surface area contributed by atoms with Crippen LogP contribution in [0.25, 0.3) is 0 Å². The zero-order chi connectivity index (χ0) is 16.7. The highest BCUT2D eigenvalue weighted by atomic mass is 16.5. The van der Waals surface area contributed by atoms with Gasteiger partial charge >= 0.3 is 0 Å². The van der Waals surface area contributed by atoms with Gasteiger partial charge in [-0.3, -0.25) is 9.59 Å². The molecule has 23 heavy (non-hydrogen) atoms. The molecule has 1 aliphatic heterocycles. The smallest absolute Gasteiger partial charge is 0.227 e. The molecule has 1 aliphatic rings. The number of benzene rings is 1. The fourth-order valence-corrected chi connectivity index (χ4v) is 2.51. The van der Waals surface area contributed by atoms with E-state index in [1.54, 1.807) is 12.0 Å². The summed E-state index contributed by atoms with van der Waals surface area (Å²) in [5.41, 5.74) is 0.774. The van der Waals surface area contributed by atoms with Gasteiger partial charge < -0.3 is 19.7 Å². The maximum Gasteiger partial charge on any atom is 0.227 e. The van der Waals surface area contributed by atoms with Gasteiger partial charge in [0.1, 0.15) is 11.9 Å². The molecule has 6 heteroatoms. The summed E-state index contributed by atoms with van der Waals surface area (Å²) in [6.45, 7) is 3.62. The minimum absolute atomic E-state index is 0.0559. The number of ether oxygens (including phenoxy) is 2. The number of carbonyl (C=O) groups excluding carboxylic acids is 2. The van der Waals surface area contributed by atoms with Crippen molar-refractivity contribution < 1.29 is 19.1 Å². The summed E-state index contributed by atoms with van der Waals surface area (Å²) in [6, 6.07) is 7.48. The van der Waals surface area contributed by atoms with Crippen molar-refractivity contribution in [2.24, 2.45) is 0 Å². The van der Waals surface area contributed by atoms with Crippen LogP contribution in [0.15, 0.2) is 24.3 Å². The molecule has 0 spiro atoms. The zero-order valence-electron chi connectivity index (χ0n) is 13.7. The van der Waals surface area contributed by atoms with Crippen molar-refractivity contribution in [2.45, 2.75) is 32.3 Å². The number of anilines is 1. The van der Waals surface area contributed by atoms with Crippen molar-refractivity contribution in [3.05, 3.63) is 24.3 Å². The third kappa shape index (κ3) is 4.96. The molecular formula is C17H24N2O4. The molecular weight excluding hydrogens is 296 g/mol. The molecule has 2 amide bonds. The Kier molecular flexibility index (Phi) is 6.40. The van der Waals surface area contributed by atoms with E-state index in [-0.39, 0.29) is 30.8 Å². The number of fused-ring (bicyclic) bond motifs is 1. The molecule has 0 saturated heterocycles. The van der Waals surface area contributed by atoms with Crippen molar-refractivity contribution in [2.75, 3.05) is 31.7 Å².